The van der Waals surface area contributed by atoms with Crippen LogP contribution in [0.15, 0.2) is 9.64 Å². The van der Waals surface area contributed by atoms with E-state index in [1.807, 2.05) is 0 Å². The minimum Gasteiger partial charge on any atom is -0.415 e. The van der Waals surface area contributed by atoms with Gasteiger partial charge >= 0.3 is 0 Å². The summed E-state index contributed by atoms with van der Waals surface area (Å²) in [6.45, 7) is 1.01. The molecular weight excluding hydrogens is 228 g/mol. The van der Waals surface area contributed by atoms with E-state index in [4.69, 9.17) is 10.2 Å². The van der Waals surface area contributed by atoms with Crippen LogP contribution < -0.4 is 11.1 Å². The van der Waals surface area contributed by atoms with Crippen molar-refractivity contribution in [2.24, 2.45) is 5.73 Å². The van der Waals surface area contributed by atoms with E-state index in [0.29, 0.717) is 17.5 Å². The predicted octanol–water partition coefficient (Wildman–Crippen LogP) is 0.289. The number of hydrogen-bond acceptors (Lipinski definition) is 6. The monoisotopic (exact) mass is 242 g/mol. The first-order valence-corrected chi connectivity index (χ1v) is 6.11. The van der Waals surface area contributed by atoms with E-state index in [2.05, 4.69) is 15.5 Å². The maximum absolute atomic E-state index is 11.3. The minimum absolute atomic E-state index is 0.0913. The highest BCUT2D eigenvalue weighted by molar-refractivity contribution is 7.99. The third kappa shape index (κ3) is 2.96. The molecule has 0 saturated carbocycles. The van der Waals surface area contributed by atoms with Crippen LogP contribution in [0.1, 0.15) is 25.2 Å². The topological polar surface area (TPSA) is 94.0 Å². The van der Waals surface area contributed by atoms with E-state index in [1.165, 1.54) is 11.8 Å². The van der Waals surface area contributed by atoms with Crippen molar-refractivity contribution in [1.82, 2.24) is 15.5 Å². The standard InChI is InChI=1S/C9H14N4O2S/c10-5-8-12-13-9(15-8)16-6-2-1-3-11-7(14)4-6/h6H,1-5,10H2,(H,11,14). The van der Waals surface area contributed by atoms with E-state index >= 15 is 0 Å². The van der Waals surface area contributed by atoms with Crippen molar-refractivity contribution >= 4 is 17.7 Å². The Morgan fingerprint density at radius 3 is 3.19 bits per heavy atom. The molecule has 1 aromatic heterocycles. The third-order valence-electron chi connectivity index (χ3n) is 2.33. The number of carbonyl (C=O) groups is 1. The largest absolute Gasteiger partial charge is 0.415 e. The molecule has 0 spiro atoms. The second kappa shape index (κ2) is 5.31. The molecular formula is C9H14N4O2S. The van der Waals surface area contributed by atoms with E-state index in [-0.39, 0.29) is 17.7 Å². The predicted molar refractivity (Wildman–Crippen MR) is 58.7 cm³/mol. The van der Waals surface area contributed by atoms with E-state index in [0.717, 1.165) is 19.4 Å². The van der Waals surface area contributed by atoms with E-state index in [1.54, 1.807) is 0 Å². The van der Waals surface area contributed by atoms with Gasteiger partial charge < -0.3 is 15.5 Å². The van der Waals surface area contributed by atoms with Gasteiger partial charge in [0.2, 0.25) is 11.8 Å². The zero-order chi connectivity index (χ0) is 11.4. The van der Waals surface area contributed by atoms with Crippen LogP contribution >= 0.6 is 11.8 Å². The summed E-state index contributed by atoms with van der Waals surface area (Å²) >= 11 is 1.46. The fourth-order valence-electron chi connectivity index (χ4n) is 1.55. The van der Waals surface area contributed by atoms with Crippen molar-refractivity contribution in [3.05, 3.63) is 5.89 Å². The van der Waals surface area contributed by atoms with Crippen LogP contribution in [0.5, 0.6) is 0 Å². The van der Waals surface area contributed by atoms with Gasteiger partial charge in [-0.2, -0.15) is 0 Å². The van der Waals surface area contributed by atoms with Crippen molar-refractivity contribution in [2.75, 3.05) is 6.54 Å². The van der Waals surface area contributed by atoms with Crippen molar-refractivity contribution in [2.45, 2.75) is 36.3 Å². The van der Waals surface area contributed by atoms with Crippen LogP contribution in [-0.4, -0.2) is 27.9 Å². The maximum Gasteiger partial charge on any atom is 0.276 e. The molecule has 16 heavy (non-hydrogen) atoms. The Kier molecular flexibility index (Phi) is 3.79. The highest BCUT2D eigenvalue weighted by Crippen LogP contribution is 2.28. The van der Waals surface area contributed by atoms with Crippen molar-refractivity contribution in [1.29, 1.82) is 0 Å². The van der Waals surface area contributed by atoms with Crippen LogP contribution in [0.4, 0.5) is 0 Å². The zero-order valence-corrected chi connectivity index (χ0v) is 9.63. The van der Waals surface area contributed by atoms with Gasteiger partial charge in [-0.3, -0.25) is 4.79 Å². The van der Waals surface area contributed by atoms with Crippen LogP contribution in [0.2, 0.25) is 0 Å². The van der Waals surface area contributed by atoms with Crippen molar-refractivity contribution in [3.8, 4) is 0 Å². The van der Waals surface area contributed by atoms with Gasteiger partial charge in [-0.15, -0.1) is 10.2 Å². The van der Waals surface area contributed by atoms with Crippen molar-refractivity contribution < 1.29 is 9.21 Å². The fourth-order valence-corrected chi connectivity index (χ4v) is 2.59. The van der Waals surface area contributed by atoms with Gasteiger partial charge in [0, 0.05) is 18.2 Å². The van der Waals surface area contributed by atoms with Gasteiger partial charge in [0.1, 0.15) is 0 Å². The molecule has 7 heteroatoms. The van der Waals surface area contributed by atoms with Crippen LogP contribution in [-0.2, 0) is 11.3 Å². The van der Waals surface area contributed by atoms with Crippen LogP contribution in [0.3, 0.4) is 0 Å². The number of hydrogen-bond donors (Lipinski definition) is 2. The Morgan fingerprint density at radius 1 is 1.56 bits per heavy atom. The summed E-state index contributed by atoms with van der Waals surface area (Å²) in [7, 11) is 0. The number of thioether (sulfide) groups is 1. The SMILES string of the molecule is NCc1nnc(SC2CCCNC(=O)C2)o1. The lowest BCUT2D eigenvalue weighted by Gasteiger charge is -2.07. The summed E-state index contributed by atoms with van der Waals surface area (Å²) in [5.41, 5.74) is 5.37. The molecule has 1 saturated heterocycles. The Labute approximate surface area is 97.4 Å². The summed E-state index contributed by atoms with van der Waals surface area (Å²) in [6.07, 6.45) is 2.47. The Balaban J connectivity index is 1.94. The van der Waals surface area contributed by atoms with Crippen LogP contribution in [0, 0.1) is 0 Å². The van der Waals surface area contributed by atoms with Gasteiger partial charge in [0.05, 0.1) is 6.54 Å². The third-order valence-corrected chi connectivity index (χ3v) is 3.43. The number of nitrogens with one attached hydrogen (secondary N) is 1. The number of nitrogens with zero attached hydrogens (tertiary/aromatic N) is 2. The first-order chi connectivity index (χ1) is 7.78. The summed E-state index contributed by atoms with van der Waals surface area (Å²) in [6, 6.07) is 0. The molecule has 1 aliphatic rings. The lowest BCUT2D eigenvalue weighted by atomic mass is 10.2. The summed E-state index contributed by atoms with van der Waals surface area (Å²) in [5, 5.41) is 11.2. The molecule has 2 rings (SSSR count). The van der Waals surface area contributed by atoms with E-state index in [9.17, 15) is 4.79 Å². The summed E-state index contributed by atoms with van der Waals surface area (Å²) in [5.74, 6) is 0.522. The number of aromatic nitrogens is 2. The summed E-state index contributed by atoms with van der Waals surface area (Å²) < 4.78 is 5.30. The first kappa shape index (κ1) is 11.4. The molecule has 1 fully saturated rings. The molecule has 0 bridgehead atoms. The molecule has 0 radical (unpaired) electrons. The van der Waals surface area contributed by atoms with Gasteiger partial charge in [0.25, 0.3) is 5.22 Å². The molecule has 1 aliphatic heterocycles. The Morgan fingerprint density at radius 2 is 2.44 bits per heavy atom. The Bertz CT molecular complexity index is 368. The lowest BCUT2D eigenvalue weighted by molar-refractivity contribution is -0.120. The molecule has 1 aromatic rings. The first-order valence-electron chi connectivity index (χ1n) is 5.23. The average Bonchev–Trinajstić information content (AvgIpc) is 2.62. The quantitative estimate of drug-likeness (QED) is 0.791. The Hall–Kier alpha value is -1.08. The second-order valence-corrected chi connectivity index (χ2v) is 4.85. The normalized spacial score (nSPS) is 21.6. The molecule has 2 heterocycles. The smallest absolute Gasteiger partial charge is 0.276 e. The average molecular weight is 242 g/mol. The van der Waals surface area contributed by atoms with Crippen molar-refractivity contribution in [3.63, 3.8) is 0 Å². The summed E-state index contributed by atoms with van der Waals surface area (Å²) in [4.78, 5) is 11.3. The van der Waals surface area contributed by atoms with Crippen LogP contribution in [0.25, 0.3) is 0 Å². The highest BCUT2D eigenvalue weighted by Gasteiger charge is 2.20. The van der Waals surface area contributed by atoms with Gasteiger partial charge in [-0.05, 0) is 12.8 Å². The maximum atomic E-state index is 11.3. The van der Waals surface area contributed by atoms with Gasteiger partial charge in [-0.25, -0.2) is 0 Å². The zero-order valence-electron chi connectivity index (χ0n) is 8.81. The molecule has 3 N–H and O–H groups in total. The molecule has 0 aliphatic carbocycles. The van der Waals surface area contributed by atoms with Gasteiger partial charge in [-0.1, -0.05) is 11.8 Å². The number of amides is 1. The molecule has 1 atom stereocenters. The number of nitrogens with two attached hydrogens (primary N) is 1. The molecule has 1 unspecified atom stereocenters. The second-order valence-electron chi connectivity index (χ2n) is 3.60. The van der Waals surface area contributed by atoms with E-state index < -0.39 is 0 Å². The molecule has 88 valence electrons. The highest BCUT2D eigenvalue weighted by atomic mass is 32.2. The molecule has 0 aromatic carbocycles. The number of carbonyl (C=O) groups excluding carboxylic acids is 1. The molecule has 1 amide bonds. The van der Waals surface area contributed by atoms with Gasteiger partial charge in [0.15, 0.2) is 0 Å². The fraction of sp³-hybridized carbons (Fsp3) is 0.667. The number of rotatable bonds is 3. The minimum atomic E-state index is 0.0913. The molecule has 6 nitrogen and oxygen atoms in total. The lowest BCUT2D eigenvalue weighted by Crippen LogP contribution is -2.22.